The van der Waals surface area contributed by atoms with Gasteiger partial charge in [0.1, 0.15) is 0 Å². The van der Waals surface area contributed by atoms with E-state index in [9.17, 15) is 10.2 Å². The van der Waals surface area contributed by atoms with E-state index in [4.69, 9.17) is 0 Å². The summed E-state index contributed by atoms with van der Waals surface area (Å²) in [6.45, 7) is 2.15. The topological polar surface area (TPSA) is 43.7 Å². The zero-order valence-corrected chi connectivity index (χ0v) is 10.8. The van der Waals surface area contributed by atoms with Crippen molar-refractivity contribution in [3.05, 3.63) is 35.9 Å². The van der Waals surface area contributed by atoms with Crippen molar-refractivity contribution in [3.8, 4) is 0 Å². The molecule has 0 radical (unpaired) electrons. The molecule has 2 atom stereocenters. The molecular formula is C15H23NO2. The first-order chi connectivity index (χ1) is 8.81. The van der Waals surface area contributed by atoms with Crippen molar-refractivity contribution in [2.75, 3.05) is 19.7 Å². The first-order valence-electron chi connectivity index (χ1n) is 6.89. The molecule has 1 fully saturated rings. The summed E-state index contributed by atoms with van der Waals surface area (Å²) < 4.78 is 0. The predicted molar refractivity (Wildman–Crippen MR) is 72.3 cm³/mol. The number of nitrogens with zero attached hydrogens (tertiary/aromatic N) is 1. The van der Waals surface area contributed by atoms with Gasteiger partial charge in [0.05, 0.1) is 12.7 Å². The van der Waals surface area contributed by atoms with Gasteiger partial charge in [0, 0.05) is 12.6 Å². The van der Waals surface area contributed by atoms with Gasteiger partial charge in [-0.1, -0.05) is 36.8 Å². The lowest BCUT2D eigenvalue weighted by Gasteiger charge is -2.35. The number of aliphatic hydroxyl groups excluding tert-OH is 2. The zero-order valence-electron chi connectivity index (χ0n) is 10.8. The van der Waals surface area contributed by atoms with Crippen LogP contribution in [-0.4, -0.2) is 40.9 Å². The number of likely N-dealkylation sites (tertiary alicyclic amines) is 1. The third-order valence-electron chi connectivity index (χ3n) is 3.83. The summed E-state index contributed by atoms with van der Waals surface area (Å²) in [6.07, 6.45) is 3.84. The van der Waals surface area contributed by atoms with E-state index in [0.29, 0.717) is 6.04 Å². The van der Waals surface area contributed by atoms with Gasteiger partial charge in [-0.3, -0.25) is 4.90 Å². The Balaban J connectivity index is 1.83. The molecule has 0 bridgehead atoms. The van der Waals surface area contributed by atoms with Crippen LogP contribution in [0.2, 0.25) is 0 Å². The highest BCUT2D eigenvalue weighted by molar-refractivity contribution is 5.17. The van der Waals surface area contributed by atoms with Gasteiger partial charge in [0.15, 0.2) is 0 Å². The van der Waals surface area contributed by atoms with E-state index in [1.807, 2.05) is 30.3 Å². The van der Waals surface area contributed by atoms with Crippen molar-refractivity contribution in [3.63, 3.8) is 0 Å². The van der Waals surface area contributed by atoms with Crippen LogP contribution in [0.5, 0.6) is 0 Å². The fourth-order valence-corrected chi connectivity index (χ4v) is 2.69. The van der Waals surface area contributed by atoms with E-state index in [-0.39, 0.29) is 6.61 Å². The second-order valence-corrected chi connectivity index (χ2v) is 5.08. The molecule has 3 nitrogen and oxygen atoms in total. The lowest BCUT2D eigenvalue weighted by Crippen LogP contribution is -2.42. The van der Waals surface area contributed by atoms with Gasteiger partial charge >= 0.3 is 0 Å². The highest BCUT2D eigenvalue weighted by Gasteiger charge is 2.22. The standard InChI is InChI=1S/C15H23NO2/c17-12-14-8-4-5-10-16(14)11-9-15(18)13-6-2-1-3-7-13/h1-3,6-7,14-15,17-18H,4-5,8-12H2. The number of aliphatic hydroxyl groups is 2. The van der Waals surface area contributed by atoms with Crippen LogP contribution in [0.1, 0.15) is 37.4 Å². The smallest absolute Gasteiger partial charge is 0.0802 e. The molecule has 1 aliphatic heterocycles. The molecule has 0 spiro atoms. The van der Waals surface area contributed by atoms with Crippen LogP contribution < -0.4 is 0 Å². The number of piperidine rings is 1. The average Bonchev–Trinajstić information content (AvgIpc) is 2.46. The highest BCUT2D eigenvalue weighted by Crippen LogP contribution is 2.21. The van der Waals surface area contributed by atoms with E-state index in [2.05, 4.69) is 4.90 Å². The van der Waals surface area contributed by atoms with Crippen LogP contribution in [0.4, 0.5) is 0 Å². The van der Waals surface area contributed by atoms with Crippen molar-refractivity contribution in [2.24, 2.45) is 0 Å². The highest BCUT2D eigenvalue weighted by atomic mass is 16.3. The van der Waals surface area contributed by atoms with Crippen molar-refractivity contribution in [1.82, 2.24) is 4.90 Å². The summed E-state index contributed by atoms with van der Waals surface area (Å²) in [5.41, 5.74) is 0.982. The number of hydrogen-bond acceptors (Lipinski definition) is 3. The molecule has 0 aromatic heterocycles. The summed E-state index contributed by atoms with van der Waals surface area (Å²) in [5.74, 6) is 0. The van der Waals surface area contributed by atoms with Crippen molar-refractivity contribution >= 4 is 0 Å². The Morgan fingerprint density at radius 1 is 1.22 bits per heavy atom. The third-order valence-corrected chi connectivity index (χ3v) is 3.83. The molecule has 0 saturated carbocycles. The molecule has 100 valence electrons. The zero-order chi connectivity index (χ0) is 12.8. The maximum absolute atomic E-state index is 10.1. The molecule has 1 saturated heterocycles. The average molecular weight is 249 g/mol. The van der Waals surface area contributed by atoms with E-state index in [1.165, 1.54) is 12.8 Å². The SMILES string of the molecule is OCC1CCCCN1CCC(O)c1ccccc1. The Kier molecular flexibility index (Phi) is 5.17. The normalized spacial score (nSPS) is 22.9. The number of rotatable bonds is 5. The maximum Gasteiger partial charge on any atom is 0.0802 e. The molecule has 1 aromatic rings. The predicted octanol–water partition coefficient (Wildman–Crippen LogP) is 1.96. The van der Waals surface area contributed by atoms with E-state index < -0.39 is 6.10 Å². The van der Waals surface area contributed by atoms with Crippen LogP contribution in [0.25, 0.3) is 0 Å². The minimum Gasteiger partial charge on any atom is -0.395 e. The van der Waals surface area contributed by atoms with Gasteiger partial charge < -0.3 is 10.2 Å². The van der Waals surface area contributed by atoms with Gasteiger partial charge in [-0.2, -0.15) is 0 Å². The van der Waals surface area contributed by atoms with E-state index in [0.717, 1.165) is 31.5 Å². The number of benzene rings is 1. The summed E-state index contributed by atoms with van der Waals surface area (Å²) in [4.78, 5) is 2.32. The first-order valence-corrected chi connectivity index (χ1v) is 6.89. The van der Waals surface area contributed by atoms with Gasteiger partial charge in [0.25, 0.3) is 0 Å². The molecule has 0 aliphatic carbocycles. The fourth-order valence-electron chi connectivity index (χ4n) is 2.69. The molecule has 2 rings (SSSR count). The van der Waals surface area contributed by atoms with Crippen molar-refractivity contribution < 1.29 is 10.2 Å². The Morgan fingerprint density at radius 3 is 2.72 bits per heavy atom. The largest absolute Gasteiger partial charge is 0.395 e. The minimum absolute atomic E-state index is 0.238. The molecule has 2 N–H and O–H groups in total. The molecular weight excluding hydrogens is 226 g/mol. The van der Waals surface area contributed by atoms with E-state index >= 15 is 0 Å². The monoisotopic (exact) mass is 249 g/mol. The summed E-state index contributed by atoms with van der Waals surface area (Å²) in [5, 5.41) is 19.5. The van der Waals surface area contributed by atoms with Gasteiger partial charge in [0.2, 0.25) is 0 Å². The molecule has 18 heavy (non-hydrogen) atoms. The Morgan fingerprint density at radius 2 is 2.00 bits per heavy atom. The van der Waals surface area contributed by atoms with Crippen molar-refractivity contribution in [1.29, 1.82) is 0 Å². The van der Waals surface area contributed by atoms with Crippen LogP contribution in [0, 0.1) is 0 Å². The minimum atomic E-state index is -0.396. The van der Waals surface area contributed by atoms with Gasteiger partial charge in [-0.05, 0) is 31.4 Å². The molecule has 1 aliphatic rings. The van der Waals surface area contributed by atoms with Gasteiger partial charge in [-0.25, -0.2) is 0 Å². The summed E-state index contributed by atoms with van der Waals surface area (Å²) in [7, 11) is 0. The van der Waals surface area contributed by atoms with E-state index in [1.54, 1.807) is 0 Å². The van der Waals surface area contributed by atoms with Gasteiger partial charge in [-0.15, -0.1) is 0 Å². The molecule has 1 aromatic carbocycles. The second kappa shape index (κ2) is 6.88. The second-order valence-electron chi connectivity index (χ2n) is 5.08. The Bertz CT molecular complexity index is 342. The van der Waals surface area contributed by atoms with Crippen LogP contribution in [-0.2, 0) is 0 Å². The Hall–Kier alpha value is -0.900. The van der Waals surface area contributed by atoms with Crippen LogP contribution >= 0.6 is 0 Å². The van der Waals surface area contributed by atoms with Crippen LogP contribution in [0.15, 0.2) is 30.3 Å². The quantitative estimate of drug-likeness (QED) is 0.838. The molecule has 0 amide bonds. The number of hydrogen-bond donors (Lipinski definition) is 2. The van der Waals surface area contributed by atoms with Crippen molar-refractivity contribution in [2.45, 2.75) is 37.8 Å². The summed E-state index contributed by atoms with van der Waals surface area (Å²) >= 11 is 0. The molecule has 2 unspecified atom stereocenters. The summed E-state index contributed by atoms with van der Waals surface area (Å²) in [6, 6.07) is 10.1. The third kappa shape index (κ3) is 3.55. The first kappa shape index (κ1) is 13.5. The Labute approximate surface area is 109 Å². The molecule has 3 heteroatoms. The lowest BCUT2D eigenvalue weighted by atomic mass is 10.0. The maximum atomic E-state index is 10.1. The fraction of sp³-hybridized carbons (Fsp3) is 0.600. The lowest BCUT2D eigenvalue weighted by molar-refractivity contribution is 0.0697. The molecule has 1 heterocycles. The van der Waals surface area contributed by atoms with Crippen LogP contribution in [0.3, 0.4) is 0 Å².